The van der Waals surface area contributed by atoms with E-state index in [4.69, 9.17) is 10.5 Å². The van der Waals surface area contributed by atoms with E-state index in [1.165, 1.54) is 17.3 Å². The Labute approximate surface area is 189 Å². The second-order valence-corrected chi connectivity index (χ2v) is 8.02. The number of nitrogens with one attached hydrogen (secondary N) is 1. The van der Waals surface area contributed by atoms with Gasteiger partial charge in [-0.05, 0) is 45.0 Å². The van der Waals surface area contributed by atoms with E-state index >= 15 is 0 Å². The topological polar surface area (TPSA) is 106 Å². The van der Waals surface area contributed by atoms with Crippen molar-refractivity contribution in [3.63, 3.8) is 0 Å². The smallest absolute Gasteiger partial charge is 0.416 e. The third-order valence-corrected chi connectivity index (χ3v) is 5.52. The largest absolute Gasteiger partial charge is 0.447 e. The Hall–Kier alpha value is -3.66. The van der Waals surface area contributed by atoms with Crippen LogP contribution in [0, 0.1) is 18.6 Å². The maximum absolute atomic E-state index is 14.9. The third kappa shape index (κ3) is 4.61. The summed E-state index contributed by atoms with van der Waals surface area (Å²) < 4.78 is 34.8. The molecule has 8 nitrogen and oxygen atoms in total. The first-order valence-electron chi connectivity index (χ1n) is 10.5. The van der Waals surface area contributed by atoms with E-state index in [2.05, 4.69) is 20.3 Å². The van der Waals surface area contributed by atoms with Crippen molar-refractivity contribution in [2.45, 2.75) is 38.9 Å². The summed E-state index contributed by atoms with van der Waals surface area (Å²) in [5.74, 6) is -0.698. The molecule has 33 heavy (non-hydrogen) atoms. The van der Waals surface area contributed by atoms with Crippen LogP contribution in [0.4, 0.5) is 25.3 Å². The number of cyclic esters (lactones) is 1. The Bertz CT molecular complexity index is 1170. The van der Waals surface area contributed by atoms with Crippen LogP contribution >= 0.6 is 0 Å². The number of benzene rings is 1. The van der Waals surface area contributed by atoms with Gasteiger partial charge in [-0.3, -0.25) is 9.88 Å². The molecule has 172 valence electrons. The summed E-state index contributed by atoms with van der Waals surface area (Å²) >= 11 is 0. The van der Waals surface area contributed by atoms with Crippen molar-refractivity contribution < 1.29 is 18.3 Å². The SMILES string of the molecule is Cc1ccc(-c2cc(F)c([C@H](C)Nc3nccc(N4C(=O)OC[C@@H]4[C@@H](C)N)n3)cc2F)cn1. The molecule has 1 aromatic carbocycles. The molecule has 0 saturated carbocycles. The number of aryl methyl sites for hydroxylation is 1. The first kappa shape index (κ1) is 22.5. The van der Waals surface area contributed by atoms with E-state index in [0.717, 1.165) is 17.8 Å². The quantitative estimate of drug-likeness (QED) is 0.580. The normalized spacial score (nSPS) is 17.6. The molecule has 0 unspecified atom stereocenters. The van der Waals surface area contributed by atoms with Crippen LogP contribution in [0.2, 0.25) is 0 Å². The zero-order valence-corrected chi connectivity index (χ0v) is 18.4. The molecule has 0 bridgehead atoms. The van der Waals surface area contributed by atoms with Crippen LogP contribution in [0.5, 0.6) is 0 Å². The number of nitrogens with two attached hydrogens (primary N) is 1. The van der Waals surface area contributed by atoms with Gasteiger partial charge in [-0.1, -0.05) is 6.07 Å². The number of rotatable bonds is 6. The highest BCUT2D eigenvalue weighted by Gasteiger charge is 2.37. The maximum Gasteiger partial charge on any atom is 0.416 e. The van der Waals surface area contributed by atoms with Gasteiger partial charge in [-0.15, -0.1) is 0 Å². The molecule has 3 atom stereocenters. The number of nitrogens with zero attached hydrogens (tertiary/aromatic N) is 4. The molecule has 0 aliphatic carbocycles. The van der Waals surface area contributed by atoms with Crippen LogP contribution in [0.3, 0.4) is 0 Å². The van der Waals surface area contributed by atoms with Gasteiger partial charge in [-0.2, -0.15) is 4.98 Å². The number of pyridine rings is 1. The summed E-state index contributed by atoms with van der Waals surface area (Å²) in [5, 5.41) is 2.96. The molecule has 1 aliphatic heterocycles. The zero-order chi connectivity index (χ0) is 23.7. The van der Waals surface area contributed by atoms with Gasteiger partial charge in [0, 0.05) is 40.8 Å². The standard InChI is InChI=1S/C23H24F2N6O2/c1-12-4-5-15(10-28-12)17-9-18(24)16(8-19(17)25)14(3)29-22-27-7-6-21(30-22)31-20(13(2)26)11-33-23(31)32/h4-10,13-14,20H,11,26H2,1-3H3,(H,27,29,30)/t13-,14+,20-/m1/s1. The minimum Gasteiger partial charge on any atom is -0.447 e. The number of amides is 1. The summed E-state index contributed by atoms with van der Waals surface area (Å²) in [6, 6.07) is 5.93. The van der Waals surface area contributed by atoms with Crippen LogP contribution in [0.25, 0.3) is 11.1 Å². The van der Waals surface area contributed by atoms with Gasteiger partial charge in [0.25, 0.3) is 0 Å². The molecule has 1 saturated heterocycles. The average Bonchev–Trinajstić information content (AvgIpc) is 3.17. The van der Waals surface area contributed by atoms with Gasteiger partial charge in [-0.25, -0.2) is 18.6 Å². The molecule has 0 spiro atoms. The average molecular weight is 454 g/mol. The monoisotopic (exact) mass is 454 g/mol. The van der Waals surface area contributed by atoms with Gasteiger partial charge in [0.2, 0.25) is 5.95 Å². The Balaban J connectivity index is 1.57. The van der Waals surface area contributed by atoms with Crippen LogP contribution in [0.1, 0.15) is 31.1 Å². The number of ether oxygens (including phenoxy) is 1. The predicted molar refractivity (Wildman–Crippen MR) is 120 cm³/mol. The number of carbonyl (C=O) groups is 1. The molecule has 10 heteroatoms. The Morgan fingerprint density at radius 3 is 2.67 bits per heavy atom. The Kier molecular flexibility index (Phi) is 6.19. The van der Waals surface area contributed by atoms with Gasteiger partial charge < -0.3 is 15.8 Å². The first-order chi connectivity index (χ1) is 15.7. The summed E-state index contributed by atoms with van der Waals surface area (Å²) in [7, 11) is 0. The molecule has 1 fully saturated rings. The third-order valence-electron chi connectivity index (χ3n) is 5.52. The van der Waals surface area contributed by atoms with E-state index in [-0.39, 0.29) is 35.8 Å². The van der Waals surface area contributed by atoms with Crippen LogP contribution in [-0.4, -0.2) is 39.7 Å². The van der Waals surface area contributed by atoms with Gasteiger partial charge in [0.1, 0.15) is 24.1 Å². The van der Waals surface area contributed by atoms with Crippen molar-refractivity contribution in [2.24, 2.45) is 5.73 Å². The number of aromatic nitrogens is 3. The number of carbonyl (C=O) groups excluding carboxylic acids is 1. The van der Waals surface area contributed by atoms with Crippen LogP contribution in [-0.2, 0) is 4.74 Å². The van der Waals surface area contributed by atoms with E-state index in [0.29, 0.717) is 11.4 Å². The highest BCUT2D eigenvalue weighted by molar-refractivity contribution is 5.89. The predicted octanol–water partition coefficient (Wildman–Crippen LogP) is 3.97. The van der Waals surface area contributed by atoms with Crippen LogP contribution in [0.15, 0.2) is 42.7 Å². The first-order valence-corrected chi connectivity index (χ1v) is 10.5. The van der Waals surface area contributed by atoms with Crippen LogP contribution < -0.4 is 16.0 Å². The van der Waals surface area contributed by atoms with Crippen molar-refractivity contribution in [3.05, 3.63) is 65.6 Å². The number of halogens is 2. The number of hydrogen-bond acceptors (Lipinski definition) is 7. The highest BCUT2D eigenvalue weighted by atomic mass is 19.1. The lowest BCUT2D eigenvalue weighted by molar-refractivity contribution is 0.178. The van der Waals surface area contributed by atoms with Crippen molar-refractivity contribution >= 4 is 17.9 Å². The molecular weight excluding hydrogens is 430 g/mol. The lowest BCUT2D eigenvalue weighted by atomic mass is 10.0. The second kappa shape index (κ2) is 9.07. The molecule has 3 aromatic rings. The summed E-state index contributed by atoms with van der Waals surface area (Å²) in [4.78, 5) is 26.2. The molecule has 1 aliphatic rings. The fourth-order valence-corrected chi connectivity index (χ4v) is 3.65. The van der Waals surface area contributed by atoms with Crippen molar-refractivity contribution in [1.29, 1.82) is 0 Å². The Morgan fingerprint density at radius 1 is 1.18 bits per heavy atom. The van der Waals surface area contributed by atoms with E-state index in [1.54, 1.807) is 32.0 Å². The summed E-state index contributed by atoms with van der Waals surface area (Å²) in [5.41, 5.74) is 7.47. The molecule has 1 amide bonds. The molecule has 4 rings (SSSR count). The maximum atomic E-state index is 14.9. The molecule has 0 radical (unpaired) electrons. The number of hydrogen-bond donors (Lipinski definition) is 2. The van der Waals surface area contributed by atoms with E-state index < -0.39 is 23.8 Å². The van der Waals surface area contributed by atoms with Crippen molar-refractivity contribution in [1.82, 2.24) is 15.0 Å². The minimum absolute atomic E-state index is 0.111. The molecular formula is C23H24F2N6O2. The minimum atomic E-state index is -0.658. The summed E-state index contributed by atoms with van der Waals surface area (Å²) in [6.07, 6.45) is 2.42. The summed E-state index contributed by atoms with van der Waals surface area (Å²) in [6.45, 7) is 5.41. The van der Waals surface area contributed by atoms with Crippen molar-refractivity contribution in [3.8, 4) is 11.1 Å². The molecule has 3 heterocycles. The second-order valence-electron chi connectivity index (χ2n) is 8.02. The van der Waals surface area contributed by atoms with E-state index in [9.17, 15) is 13.6 Å². The number of anilines is 2. The fraction of sp³-hybridized carbons (Fsp3) is 0.304. The van der Waals surface area contributed by atoms with Gasteiger partial charge in [0.15, 0.2) is 0 Å². The Morgan fingerprint density at radius 2 is 1.97 bits per heavy atom. The molecule has 2 aromatic heterocycles. The lowest BCUT2D eigenvalue weighted by Gasteiger charge is -2.23. The molecule has 3 N–H and O–H groups in total. The fourth-order valence-electron chi connectivity index (χ4n) is 3.65. The highest BCUT2D eigenvalue weighted by Crippen LogP contribution is 2.30. The lowest BCUT2D eigenvalue weighted by Crippen LogP contribution is -2.45. The zero-order valence-electron chi connectivity index (χ0n) is 18.4. The van der Waals surface area contributed by atoms with E-state index in [1.807, 2.05) is 6.92 Å². The van der Waals surface area contributed by atoms with Crippen molar-refractivity contribution in [2.75, 3.05) is 16.8 Å². The van der Waals surface area contributed by atoms with Gasteiger partial charge >= 0.3 is 6.09 Å². The van der Waals surface area contributed by atoms with Gasteiger partial charge in [0.05, 0.1) is 12.1 Å².